The monoisotopic (exact) mass is 325 g/mol. The largest absolute Gasteiger partial charge is 0.378 e. The van der Waals surface area contributed by atoms with E-state index in [1.807, 2.05) is 31.2 Å². The molecule has 24 heavy (non-hydrogen) atoms. The minimum absolute atomic E-state index is 0.134. The molecule has 0 saturated heterocycles. The van der Waals surface area contributed by atoms with Crippen molar-refractivity contribution in [2.24, 2.45) is 5.41 Å². The highest BCUT2D eigenvalue weighted by molar-refractivity contribution is 6.01. The summed E-state index contributed by atoms with van der Waals surface area (Å²) in [6.07, 6.45) is 8.32. The lowest BCUT2D eigenvalue weighted by Gasteiger charge is -2.60. The lowest BCUT2D eigenvalue weighted by Crippen LogP contribution is -2.68. The maximum Gasteiger partial charge on any atom is 0.319 e. The molecule has 2 aromatic rings. The molecule has 5 heteroatoms. The quantitative estimate of drug-likeness (QED) is 0.901. The summed E-state index contributed by atoms with van der Waals surface area (Å²) < 4.78 is 5.84. The predicted octanol–water partition coefficient (Wildman–Crippen LogP) is 3.70. The van der Waals surface area contributed by atoms with E-state index in [9.17, 15) is 4.79 Å². The number of fused-ring (bicyclic) bond motifs is 1. The smallest absolute Gasteiger partial charge is 0.319 e. The van der Waals surface area contributed by atoms with E-state index in [0.29, 0.717) is 6.10 Å². The lowest BCUT2D eigenvalue weighted by atomic mass is 9.51. The molecule has 2 N–H and O–H groups in total. The van der Waals surface area contributed by atoms with Gasteiger partial charge in [-0.25, -0.2) is 4.79 Å². The normalized spacial score (nSPS) is 24.2. The van der Waals surface area contributed by atoms with Crippen molar-refractivity contribution in [1.82, 2.24) is 10.3 Å². The van der Waals surface area contributed by atoms with E-state index < -0.39 is 0 Å². The number of pyridine rings is 1. The third kappa shape index (κ3) is 2.44. The minimum Gasteiger partial charge on any atom is -0.378 e. The number of carbonyl (C=O) groups excluding carboxylic acids is 1. The zero-order chi connectivity index (χ0) is 16.6. The van der Waals surface area contributed by atoms with Gasteiger partial charge in [0.2, 0.25) is 0 Å². The Morgan fingerprint density at radius 2 is 2.25 bits per heavy atom. The average molecular weight is 325 g/mol. The Labute approximate surface area is 141 Å². The molecule has 126 valence electrons. The van der Waals surface area contributed by atoms with E-state index in [4.69, 9.17) is 4.74 Å². The number of aromatic nitrogens is 1. The number of anilines is 1. The van der Waals surface area contributed by atoms with E-state index >= 15 is 0 Å². The predicted molar refractivity (Wildman–Crippen MR) is 94.0 cm³/mol. The van der Waals surface area contributed by atoms with E-state index in [2.05, 4.69) is 15.6 Å². The highest BCUT2D eigenvalue weighted by Gasteiger charge is 2.59. The molecule has 0 bridgehead atoms. The number of rotatable bonds is 4. The van der Waals surface area contributed by atoms with Crippen molar-refractivity contribution in [3.63, 3.8) is 0 Å². The minimum atomic E-state index is -0.134. The van der Waals surface area contributed by atoms with Crippen molar-refractivity contribution in [1.29, 1.82) is 0 Å². The van der Waals surface area contributed by atoms with E-state index in [0.717, 1.165) is 42.3 Å². The Kier molecular flexibility index (Phi) is 3.88. The number of hydrogen-bond donors (Lipinski definition) is 2. The second kappa shape index (κ2) is 6.06. The van der Waals surface area contributed by atoms with Gasteiger partial charge >= 0.3 is 6.03 Å². The van der Waals surface area contributed by atoms with Gasteiger partial charge in [-0.3, -0.25) is 4.98 Å². The van der Waals surface area contributed by atoms with Gasteiger partial charge in [0.05, 0.1) is 11.8 Å². The van der Waals surface area contributed by atoms with E-state index in [1.165, 1.54) is 6.42 Å². The van der Waals surface area contributed by atoms with E-state index in [1.54, 1.807) is 12.4 Å². The summed E-state index contributed by atoms with van der Waals surface area (Å²) >= 11 is 0. The molecular weight excluding hydrogens is 302 g/mol. The van der Waals surface area contributed by atoms with Crippen LogP contribution >= 0.6 is 0 Å². The first kappa shape index (κ1) is 15.4. The van der Waals surface area contributed by atoms with Crippen LogP contribution in [0.2, 0.25) is 0 Å². The second-order valence-corrected chi connectivity index (χ2v) is 6.82. The van der Waals surface area contributed by atoms with Gasteiger partial charge in [-0.1, -0.05) is 18.6 Å². The van der Waals surface area contributed by atoms with Crippen LogP contribution < -0.4 is 10.6 Å². The molecule has 0 aliphatic heterocycles. The third-order valence-corrected chi connectivity index (χ3v) is 5.67. The van der Waals surface area contributed by atoms with Crippen LogP contribution in [-0.4, -0.2) is 29.8 Å². The first-order valence-electron chi connectivity index (χ1n) is 8.75. The summed E-state index contributed by atoms with van der Waals surface area (Å²) in [5, 5.41) is 8.18. The molecular formula is C19H23N3O2. The van der Waals surface area contributed by atoms with Crippen LogP contribution in [0, 0.1) is 5.41 Å². The lowest BCUT2D eigenvalue weighted by molar-refractivity contribution is -0.169. The number of ether oxygens (including phenoxy) is 1. The van der Waals surface area contributed by atoms with Crippen molar-refractivity contribution in [3.8, 4) is 0 Å². The number of nitrogens with one attached hydrogen (secondary N) is 2. The summed E-state index contributed by atoms with van der Waals surface area (Å²) in [5.41, 5.74) is 0.992. The zero-order valence-electron chi connectivity index (χ0n) is 13.9. The molecule has 2 fully saturated rings. The molecule has 2 saturated carbocycles. The SMILES string of the molecule is CCO[C@@H]1C[C@H](NC(=O)Nc2cccc3cnccc23)C12CCC2. The molecule has 1 aromatic carbocycles. The Bertz CT molecular complexity index is 752. The van der Waals surface area contributed by atoms with Gasteiger partial charge in [0.1, 0.15) is 0 Å². The summed E-state index contributed by atoms with van der Waals surface area (Å²) in [6, 6.07) is 7.86. The van der Waals surface area contributed by atoms with Crippen molar-refractivity contribution in [2.75, 3.05) is 11.9 Å². The molecule has 0 unspecified atom stereocenters. The summed E-state index contributed by atoms with van der Waals surface area (Å²) in [5.74, 6) is 0. The summed E-state index contributed by atoms with van der Waals surface area (Å²) in [6.45, 7) is 2.78. The highest BCUT2D eigenvalue weighted by atomic mass is 16.5. The van der Waals surface area contributed by atoms with Crippen LogP contribution in [0.15, 0.2) is 36.7 Å². The number of urea groups is 1. The fraction of sp³-hybridized carbons (Fsp3) is 0.474. The maximum atomic E-state index is 12.5. The topological polar surface area (TPSA) is 63.2 Å². The Hall–Kier alpha value is -2.14. The van der Waals surface area contributed by atoms with Crippen LogP contribution in [-0.2, 0) is 4.74 Å². The van der Waals surface area contributed by atoms with Crippen molar-refractivity contribution < 1.29 is 9.53 Å². The van der Waals surface area contributed by atoms with Gasteiger partial charge in [-0.15, -0.1) is 0 Å². The van der Waals surface area contributed by atoms with Gasteiger partial charge in [0, 0.05) is 41.2 Å². The van der Waals surface area contributed by atoms with Gasteiger partial charge in [-0.2, -0.15) is 0 Å². The number of benzene rings is 1. The Morgan fingerprint density at radius 3 is 3.00 bits per heavy atom. The number of nitrogens with zero attached hydrogens (tertiary/aromatic N) is 1. The van der Waals surface area contributed by atoms with Crippen molar-refractivity contribution in [2.45, 2.75) is 44.8 Å². The van der Waals surface area contributed by atoms with Crippen molar-refractivity contribution >= 4 is 22.5 Å². The molecule has 1 aromatic heterocycles. The maximum absolute atomic E-state index is 12.5. The molecule has 4 rings (SSSR count). The number of carbonyl (C=O) groups is 1. The first-order valence-corrected chi connectivity index (χ1v) is 8.75. The number of amides is 2. The summed E-state index contributed by atoms with van der Waals surface area (Å²) in [4.78, 5) is 16.6. The molecule has 1 spiro atoms. The zero-order valence-corrected chi connectivity index (χ0v) is 13.9. The van der Waals surface area contributed by atoms with Crippen molar-refractivity contribution in [3.05, 3.63) is 36.7 Å². The first-order chi connectivity index (χ1) is 11.7. The van der Waals surface area contributed by atoms with Crippen LogP contribution in [0.1, 0.15) is 32.6 Å². The Morgan fingerprint density at radius 1 is 1.38 bits per heavy atom. The van der Waals surface area contributed by atoms with Crippen LogP contribution in [0.3, 0.4) is 0 Å². The molecule has 2 amide bonds. The van der Waals surface area contributed by atoms with Gasteiger partial charge in [-0.05, 0) is 38.3 Å². The average Bonchev–Trinajstić information content (AvgIpc) is 2.52. The van der Waals surface area contributed by atoms with Crippen LogP contribution in [0.5, 0.6) is 0 Å². The van der Waals surface area contributed by atoms with Crippen LogP contribution in [0.25, 0.3) is 10.8 Å². The molecule has 0 radical (unpaired) electrons. The molecule has 2 aliphatic rings. The molecule has 2 atom stereocenters. The Balaban J connectivity index is 1.44. The molecule has 2 aliphatic carbocycles. The highest BCUT2D eigenvalue weighted by Crippen LogP contribution is 2.57. The second-order valence-electron chi connectivity index (χ2n) is 6.82. The molecule has 1 heterocycles. The molecule has 5 nitrogen and oxygen atoms in total. The summed E-state index contributed by atoms with van der Waals surface area (Å²) in [7, 11) is 0. The standard InChI is InChI=1S/C19H23N3O2/c1-2-24-17-11-16(19(17)8-4-9-19)22-18(23)21-15-6-3-5-13-12-20-10-7-14(13)15/h3,5-7,10,12,16-17H,2,4,8-9,11H2,1H3,(H2,21,22,23)/t16-,17+/m0/s1. The van der Waals surface area contributed by atoms with Crippen LogP contribution in [0.4, 0.5) is 10.5 Å². The fourth-order valence-electron chi connectivity index (χ4n) is 4.19. The van der Waals surface area contributed by atoms with Gasteiger partial charge in [0.25, 0.3) is 0 Å². The number of hydrogen-bond acceptors (Lipinski definition) is 3. The fourth-order valence-corrected chi connectivity index (χ4v) is 4.19. The van der Waals surface area contributed by atoms with Gasteiger partial charge in [0.15, 0.2) is 0 Å². The third-order valence-electron chi connectivity index (χ3n) is 5.67. The van der Waals surface area contributed by atoms with Gasteiger partial charge < -0.3 is 15.4 Å². The van der Waals surface area contributed by atoms with E-state index in [-0.39, 0.29) is 17.5 Å².